The molecular weight excluding hydrogens is 745 g/mol. The van der Waals surface area contributed by atoms with Gasteiger partial charge in [-0.3, -0.25) is 14.4 Å². The number of rotatable bonds is 42. The highest BCUT2D eigenvalue weighted by molar-refractivity contribution is 5.71. The summed E-state index contributed by atoms with van der Waals surface area (Å²) in [7, 11) is 0. The summed E-state index contributed by atoms with van der Waals surface area (Å²) in [6, 6.07) is 0. The monoisotopic (exact) mass is 833 g/mol. The van der Waals surface area contributed by atoms with E-state index in [9.17, 15) is 14.4 Å². The van der Waals surface area contributed by atoms with Gasteiger partial charge in [0.25, 0.3) is 0 Å². The lowest BCUT2D eigenvalue weighted by atomic mass is 10.1. The molecule has 0 spiro atoms. The lowest BCUT2D eigenvalue weighted by Crippen LogP contribution is -2.30. The molecule has 0 heterocycles. The van der Waals surface area contributed by atoms with Crippen LogP contribution in [0.1, 0.15) is 207 Å². The molecule has 340 valence electrons. The maximum Gasteiger partial charge on any atom is 0.306 e. The summed E-state index contributed by atoms with van der Waals surface area (Å²) >= 11 is 0. The molecule has 0 aliphatic rings. The van der Waals surface area contributed by atoms with E-state index in [0.717, 1.165) is 109 Å². The number of carbonyl (C=O) groups is 3. The second-order valence-electron chi connectivity index (χ2n) is 15.6. The number of hydrogen-bond donors (Lipinski definition) is 0. The zero-order chi connectivity index (χ0) is 43.7. The van der Waals surface area contributed by atoms with Crippen molar-refractivity contribution in [2.75, 3.05) is 13.2 Å². The highest BCUT2D eigenvalue weighted by atomic mass is 16.6. The topological polar surface area (TPSA) is 78.9 Å². The Morgan fingerprint density at radius 1 is 0.350 bits per heavy atom. The predicted molar refractivity (Wildman–Crippen MR) is 256 cm³/mol. The zero-order valence-corrected chi connectivity index (χ0v) is 38.7. The molecule has 0 bridgehead atoms. The van der Waals surface area contributed by atoms with Gasteiger partial charge >= 0.3 is 17.9 Å². The van der Waals surface area contributed by atoms with Crippen molar-refractivity contribution in [3.8, 4) is 0 Å². The molecule has 0 aliphatic heterocycles. The van der Waals surface area contributed by atoms with Crippen molar-refractivity contribution in [1.82, 2.24) is 0 Å². The first-order chi connectivity index (χ1) is 29.5. The molecular formula is C54H88O6. The maximum absolute atomic E-state index is 12.6. The molecule has 1 atom stereocenters. The standard InChI is InChI=1S/C54H88O6/c1-4-7-10-13-16-18-19-20-21-22-23-24-25-26-27-28-29-30-31-32-33-34-35-37-38-41-44-47-53(56)59-50-51(49-58-52(55)46-43-40-15-12-9-6-3)60-54(57)48-45-42-39-36-17-14-11-8-5-2/h7,10,16,18,20-21,23-24,26-27,29-30,32-33,35,37,51H,4-6,8-9,11-15,17,19,22,25,28,31,34,36,38-50H2,1-3H3/b10-7-,18-16-,21-20-,24-23-,27-26-,30-29-,33-32-,37-35-. The molecule has 0 rings (SSSR count). The molecule has 0 N–H and O–H groups in total. The summed E-state index contributed by atoms with van der Waals surface area (Å²) < 4.78 is 16.6. The smallest absolute Gasteiger partial charge is 0.306 e. The molecule has 0 aliphatic carbocycles. The summed E-state index contributed by atoms with van der Waals surface area (Å²) in [6.45, 7) is 6.38. The average molecular weight is 833 g/mol. The van der Waals surface area contributed by atoms with Crippen LogP contribution in [0.15, 0.2) is 97.2 Å². The van der Waals surface area contributed by atoms with Crippen LogP contribution in [-0.4, -0.2) is 37.2 Å². The number of hydrogen-bond acceptors (Lipinski definition) is 6. The minimum Gasteiger partial charge on any atom is -0.462 e. The Kier molecular flexibility index (Phi) is 45.1. The van der Waals surface area contributed by atoms with E-state index in [2.05, 4.69) is 118 Å². The van der Waals surface area contributed by atoms with Gasteiger partial charge in [-0.15, -0.1) is 0 Å². The number of unbranched alkanes of at least 4 members (excludes halogenated alkanes) is 15. The third-order valence-electron chi connectivity index (χ3n) is 9.85. The first kappa shape index (κ1) is 56.3. The summed E-state index contributed by atoms with van der Waals surface area (Å²) in [5.41, 5.74) is 0. The van der Waals surface area contributed by atoms with Crippen LogP contribution >= 0.6 is 0 Å². The molecule has 0 amide bonds. The van der Waals surface area contributed by atoms with Crippen molar-refractivity contribution in [1.29, 1.82) is 0 Å². The van der Waals surface area contributed by atoms with E-state index < -0.39 is 6.10 Å². The Morgan fingerprint density at radius 3 is 1.02 bits per heavy atom. The first-order valence-corrected chi connectivity index (χ1v) is 24.2. The Hall–Kier alpha value is -3.67. The van der Waals surface area contributed by atoms with Gasteiger partial charge in [0.1, 0.15) is 13.2 Å². The van der Waals surface area contributed by atoms with E-state index in [1.54, 1.807) is 0 Å². The molecule has 0 aromatic rings. The molecule has 0 fully saturated rings. The highest BCUT2D eigenvalue weighted by Crippen LogP contribution is 2.13. The predicted octanol–water partition coefficient (Wildman–Crippen LogP) is 15.8. The molecule has 6 heteroatoms. The fourth-order valence-electron chi connectivity index (χ4n) is 6.22. The Morgan fingerprint density at radius 2 is 0.650 bits per heavy atom. The van der Waals surface area contributed by atoms with Crippen molar-refractivity contribution in [2.24, 2.45) is 0 Å². The molecule has 6 nitrogen and oxygen atoms in total. The van der Waals surface area contributed by atoms with E-state index in [-0.39, 0.29) is 31.1 Å². The molecule has 0 radical (unpaired) electrons. The molecule has 0 aromatic heterocycles. The molecule has 0 saturated heterocycles. The SMILES string of the molecule is CC/C=C\C/C=C\C/C=C\C/C=C\C/C=C\C/C=C\C/C=C\C/C=C\CCCCC(=O)OCC(COC(=O)CCCCCCCC)OC(=O)CCCCCCCCCCC. The number of ether oxygens (including phenoxy) is 3. The molecule has 0 aromatic carbocycles. The third-order valence-corrected chi connectivity index (χ3v) is 9.85. The van der Waals surface area contributed by atoms with Gasteiger partial charge < -0.3 is 14.2 Å². The van der Waals surface area contributed by atoms with Crippen molar-refractivity contribution in [3.63, 3.8) is 0 Å². The van der Waals surface area contributed by atoms with Gasteiger partial charge in [-0.25, -0.2) is 0 Å². The Balaban J connectivity index is 4.23. The number of esters is 3. The van der Waals surface area contributed by atoms with Crippen molar-refractivity contribution in [3.05, 3.63) is 97.2 Å². The quantitative estimate of drug-likeness (QED) is 0.0264. The molecule has 1 unspecified atom stereocenters. The summed E-state index contributed by atoms with van der Waals surface area (Å²) in [5.74, 6) is -0.957. The lowest BCUT2D eigenvalue weighted by Gasteiger charge is -2.18. The first-order valence-electron chi connectivity index (χ1n) is 24.2. The van der Waals surface area contributed by atoms with E-state index in [4.69, 9.17) is 14.2 Å². The van der Waals surface area contributed by atoms with Crippen LogP contribution in [0.5, 0.6) is 0 Å². The van der Waals surface area contributed by atoms with Crippen LogP contribution in [0.25, 0.3) is 0 Å². The van der Waals surface area contributed by atoms with Gasteiger partial charge in [-0.1, -0.05) is 201 Å². The Bertz CT molecular complexity index is 1230. The normalized spacial score (nSPS) is 12.9. The largest absolute Gasteiger partial charge is 0.462 e. The number of carbonyl (C=O) groups excluding carboxylic acids is 3. The van der Waals surface area contributed by atoms with Gasteiger partial charge in [-0.2, -0.15) is 0 Å². The van der Waals surface area contributed by atoms with Crippen LogP contribution in [0.4, 0.5) is 0 Å². The van der Waals surface area contributed by atoms with Crippen LogP contribution in [0.3, 0.4) is 0 Å². The fraction of sp³-hybridized carbons (Fsp3) is 0.648. The lowest BCUT2D eigenvalue weighted by molar-refractivity contribution is -0.167. The van der Waals surface area contributed by atoms with E-state index in [0.29, 0.717) is 19.3 Å². The second kappa shape index (κ2) is 48.0. The van der Waals surface area contributed by atoms with Gasteiger partial charge in [0.05, 0.1) is 0 Å². The molecule has 0 saturated carbocycles. The van der Waals surface area contributed by atoms with Crippen molar-refractivity contribution >= 4 is 17.9 Å². The van der Waals surface area contributed by atoms with Crippen LogP contribution in [0.2, 0.25) is 0 Å². The van der Waals surface area contributed by atoms with Crippen molar-refractivity contribution < 1.29 is 28.6 Å². The van der Waals surface area contributed by atoms with Gasteiger partial charge in [0.15, 0.2) is 6.10 Å². The van der Waals surface area contributed by atoms with E-state index in [1.807, 2.05) is 0 Å². The summed E-state index contributed by atoms with van der Waals surface area (Å²) in [6.07, 6.45) is 62.9. The minimum atomic E-state index is -0.788. The van der Waals surface area contributed by atoms with Crippen LogP contribution in [-0.2, 0) is 28.6 Å². The fourth-order valence-corrected chi connectivity index (χ4v) is 6.22. The van der Waals surface area contributed by atoms with Crippen LogP contribution < -0.4 is 0 Å². The zero-order valence-electron chi connectivity index (χ0n) is 38.7. The number of allylic oxidation sites excluding steroid dienone is 16. The summed E-state index contributed by atoms with van der Waals surface area (Å²) in [4.78, 5) is 37.5. The van der Waals surface area contributed by atoms with E-state index >= 15 is 0 Å². The van der Waals surface area contributed by atoms with E-state index in [1.165, 1.54) is 57.8 Å². The molecule has 60 heavy (non-hydrogen) atoms. The average Bonchev–Trinajstić information content (AvgIpc) is 3.24. The van der Waals surface area contributed by atoms with Crippen molar-refractivity contribution in [2.45, 2.75) is 213 Å². The summed E-state index contributed by atoms with van der Waals surface area (Å²) in [5, 5.41) is 0. The van der Waals surface area contributed by atoms with Gasteiger partial charge in [0.2, 0.25) is 0 Å². The van der Waals surface area contributed by atoms with Gasteiger partial charge in [0, 0.05) is 19.3 Å². The highest BCUT2D eigenvalue weighted by Gasteiger charge is 2.19. The second-order valence-corrected chi connectivity index (χ2v) is 15.6. The van der Waals surface area contributed by atoms with Gasteiger partial charge in [-0.05, 0) is 83.5 Å². The van der Waals surface area contributed by atoms with Crippen LogP contribution in [0, 0.1) is 0 Å². The third kappa shape index (κ3) is 45.4. The maximum atomic E-state index is 12.6. The Labute approximate surface area is 368 Å². The minimum absolute atomic E-state index is 0.0912.